The minimum absolute atomic E-state index is 0.192. The lowest BCUT2D eigenvalue weighted by molar-refractivity contribution is -0.137. The minimum Gasteiger partial charge on any atom is -0.381 e. The topological polar surface area (TPSA) is 46.2 Å². The van der Waals surface area contributed by atoms with Crippen molar-refractivity contribution in [3.63, 3.8) is 0 Å². The highest BCUT2D eigenvalue weighted by molar-refractivity contribution is 6.60. The summed E-state index contributed by atoms with van der Waals surface area (Å²) in [4.78, 5) is 0. The normalized spacial score (nSPS) is 19.5. The van der Waals surface area contributed by atoms with E-state index < -0.39 is 8.80 Å². The molecule has 1 fully saturated rings. The molecule has 1 aliphatic heterocycles. The predicted molar refractivity (Wildman–Crippen MR) is 61.3 cm³/mol. The summed E-state index contributed by atoms with van der Waals surface area (Å²) >= 11 is 0. The number of ether oxygens (including phenoxy) is 2. The highest BCUT2D eigenvalue weighted by Crippen LogP contribution is 2.26. The van der Waals surface area contributed by atoms with Gasteiger partial charge in [0.2, 0.25) is 0 Å². The molecule has 0 unspecified atom stereocenters. The summed E-state index contributed by atoms with van der Waals surface area (Å²) in [5, 5.41) is 0. The van der Waals surface area contributed by atoms with Gasteiger partial charge in [0.15, 0.2) is 0 Å². The van der Waals surface area contributed by atoms with Crippen molar-refractivity contribution < 1.29 is 22.8 Å². The van der Waals surface area contributed by atoms with Gasteiger partial charge in [-0.15, -0.1) is 0 Å². The van der Waals surface area contributed by atoms with Gasteiger partial charge in [0.25, 0.3) is 0 Å². The van der Waals surface area contributed by atoms with Crippen molar-refractivity contribution in [1.29, 1.82) is 0 Å². The fourth-order valence-electron chi connectivity index (χ4n) is 1.61. The lowest BCUT2D eigenvalue weighted by Crippen LogP contribution is -2.45. The van der Waals surface area contributed by atoms with Crippen molar-refractivity contribution >= 4 is 8.80 Å². The fraction of sp³-hybridized carbons (Fsp3) is 1.00. The van der Waals surface area contributed by atoms with Crippen LogP contribution in [0, 0.1) is 5.41 Å². The molecule has 0 aliphatic carbocycles. The first-order valence-corrected chi connectivity index (χ1v) is 7.34. The largest absolute Gasteiger partial charge is 0.502 e. The molecule has 0 aromatic heterocycles. The average Bonchev–Trinajstić information content (AvgIpc) is 2.28. The van der Waals surface area contributed by atoms with Crippen LogP contribution in [0.1, 0.15) is 6.92 Å². The summed E-state index contributed by atoms with van der Waals surface area (Å²) < 4.78 is 26.7. The zero-order chi connectivity index (χ0) is 12.1. The van der Waals surface area contributed by atoms with Gasteiger partial charge in [0.05, 0.1) is 26.4 Å². The highest BCUT2D eigenvalue weighted by Gasteiger charge is 2.38. The van der Waals surface area contributed by atoms with Gasteiger partial charge < -0.3 is 22.8 Å². The monoisotopic (exact) mass is 250 g/mol. The molecule has 0 aromatic carbocycles. The van der Waals surface area contributed by atoms with Crippen molar-refractivity contribution in [3.05, 3.63) is 0 Å². The molecular formula is C10H22O5Si. The molecule has 1 rings (SSSR count). The molecule has 16 heavy (non-hydrogen) atoms. The molecule has 0 bridgehead atoms. The van der Waals surface area contributed by atoms with Gasteiger partial charge in [-0.1, -0.05) is 6.92 Å². The van der Waals surface area contributed by atoms with E-state index in [1.807, 2.05) is 0 Å². The average molecular weight is 250 g/mol. The summed E-state index contributed by atoms with van der Waals surface area (Å²) in [6.45, 7) is 5.04. The Kier molecular flexibility index (Phi) is 5.36. The van der Waals surface area contributed by atoms with Crippen LogP contribution in [0.2, 0.25) is 6.04 Å². The van der Waals surface area contributed by atoms with Gasteiger partial charge in [-0.2, -0.15) is 0 Å². The third-order valence-corrected chi connectivity index (χ3v) is 5.52. The van der Waals surface area contributed by atoms with Crippen LogP contribution < -0.4 is 0 Å². The maximum absolute atomic E-state index is 5.62. The molecule has 1 aliphatic rings. The Morgan fingerprint density at radius 3 is 2.06 bits per heavy atom. The van der Waals surface area contributed by atoms with Crippen molar-refractivity contribution in [2.75, 3.05) is 47.8 Å². The molecule has 0 saturated carbocycles. The lowest BCUT2D eigenvalue weighted by atomic mass is 9.90. The molecule has 0 radical (unpaired) electrons. The van der Waals surface area contributed by atoms with E-state index in [9.17, 15) is 0 Å². The van der Waals surface area contributed by atoms with Crippen LogP contribution in [0.3, 0.4) is 0 Å². The van der Waals surface area contributed by atoms with E-state index in [-0.39, 0.29) is 5.41 Å². The second-order valence-electron chi connectivity index (χ2n) is 4.40. The Morgan fingerprint density at radius 1 is 1.12 bits per heavy atom. The number of rotatable bonds is 8. The number of hydrogen-bond donors (Lipinski definition) is 0. The molecule has 96 valence electrons. The maximum atomic E-state index is 5.62. The van der Waals surface area contributed by atoms with Gasteiger partial charge >= 0.3 is 8.80 Å². The second-order valence-corrected chi connectivity index (χ2v) is 7.49. The summed E-state index contributed by atoms with van der Waals surface area (Å²) in [6.07, 6.45) is 0. The van der Waals surface area contributed by atoms with Crippen LogP contribution in [-0.2, 0) is 22.8 Å². The molecule has 0 spiro atoms. The van der Waals surface area contributed by atoms with E-state index in [1.165, 1.54) is 0 Å². The Hall–Kier alpha value is 0.0169. The Morgan fingerprint density at radius 2 is 1.69 bits per heavy atom. The third-order valence-electron chi connectivity index (χ3n) is 2.84. The molecule has 0 N–H and O–H groups in total. The molecule has 0 aromatic rings. The highest BCUT2D eigenvalue weighted by atomic mass is 28.4. The van der Waals surface area contributed by atoms with Crippen LogP contribution in [0.15, 0.2) is 0 Å². The van der Waals surface area contributed by atoms with Gasteiger partial charge in [-0.05, 0) is 0 Å². The molecule has 1 heterocycles. The number of hydrogen-bond acceptors (Lipinski definition) is 5. The zero-order valence-corrected chi connectivity index (χ0v) is 11.6. The second kappa shape index (κ2) is 6.09. The lowest BCUT2D eigenvalue weighted by Gasteiger charge is -2.37. The molecular weight excluding hydrogens is 228 g/mol. The van der Waals surface area contributed by atoms with Crippen molar-refractivity contribution in [1.82, 2.24) is 0 Å². The van der Waals surface area contributed by atoms with Crippen LogP contribution >= 0.6 is 0 Å². The summed E-state index contributed by atoms with van der Waals surface area (Å²) in [5.41, 5.74) is 0.192. The first-order chi connectivity index (χ1) is 7.60. The van der Waals surface area contributed by atoms with Crippen molar-refractivity contribution in [2.45, 2.75) is 13.0 Å². The Balaban J connectivity index is 2.18. The van der Waals surface area contributed by atoms with Gasteiger partial charge in [0.1, 0.15) is 0 Å². The van der Waals surface area contributed by atoms with E-state index in [0.29, 0.717) is 19.3 Å². The SMILES string of the molecule is CO[Si](CCOCC1(C)COC1)(OC)OC. The van der Waals surface area contributed by atoms with E-state index in [2.05, 4.69) is 6.92 Å². The zero-order valence-electron chi connectivity index (χ0n) is 10.6. The van der Waals surface area contributed by atoms with Crippen molar-refractivity contribution in [2.24, 2.45) is 5.41 Å². The Labute approximate surface area is 98.3 Å². The molecule has 0 amide bonds. The molecule has 5 nitrogen and oxygen atoms in total. The molecule has 6 heteroatoms. The van der Waals surface area contributed by atoms with Crippen LogP contribution in [0.5, 0.6) is 0 Å². The third kappa shape index (κ3) is 3.51. The maximum Gasteiger partial charge on any atom is 0.502 e. The first kappa shape index (κ1) is 14.1. The quantitative estimate of drug-likeness (QED) is 0.473. The van der Waals surface area contributed by atoms with Gasteiger partial charge in [-0.25, -0.2) is 0 Å². The first-order valence-electron chi connectivity index (χ1n) is 5.41. The Bertz CT molecular complexity index is 195. The predicted octanol–water partition coefficient (Wildman–Crippen LogP) is 0.918. The smallest absolute Gasteiger partial charge is 0.381 e. The fourth-order valence-corrected chi connectivity index (χ4v) is 3.11. The van der Waals surface area contributed by atoms with Gasteiger partial charge in [0, 0.05) is 32.8 Å². The minimum atomic E-state index is -2.46. The van der Waals surface area contributed by atoms with E-state index >= 15 is 0 Å². The standard InChI is InChI=1S/C10H22O5Si/c1-10(8-15-9-10)7-14-5-6-16(11-2,12-3)13-4/h5-9H2,1-4H3. The van der Waals surface area contributed by atoms with Crippen LogP contribution in [0.4, 0.5) is 0 Å². The molecule has 1 saturated heterocycles. The van der Waals surface area contributed by atoms with Crippen LogP contribution in [-0.4, -0.2) is 56.6 Å². The van der Waals surface area contributed by atoms with Crippen molar-refractivity contribution in [3.8, 4) is 0 Å². The van der Waals surface area contributed by atoms with Gasteiger partial charge in [-0.3, -0.25) is 0 Å². The van der Waals surface area contributed by atoms with E-state index in [1.54, 1.807) is 21.3 Å². The summed E-state index contributed by atoms with van der Waals surface area (Å²) in [6, 6.07) is 0.674. The van der Waals surface area contributed by atoms with E-state index in [4.69, 9.17) is 22.8 Å². The molecule has 0 atom stereocenters. The van der Waals surface area contributed by atoms with Crippen LogP contribution in [0.25, 0.3) is 0 Å². The summed E-state index contributed by atoms with van der Waals surface area (Å²) in [7, 11) is 2.37. The van der Waals surface area contributed by atoms with E-state index in [0.717, 1.165) is 13.2 Å². The summed E-state index contributed by atoms with van der Waals surface area (Å²) in [5.74, 6) is 0.